The highest BCUT2D eigenvalue weighted by molar-refractivity contribution is 6.06. The van der Waals surface area contributed by atoms with E-state index < -0.39 is 0 Å². The van der Waals surface area contributed by atoms with Gasteiger partial charge in [0.2, 0.25) is 0 Å². The van der Waals surface area contributed by atoms with E-state index in [0.717, 1.165) is 19.5 Å². The van der Waals surface area contributed by atoms with Gasteiger partial charge in [-0.25, -0.2) is 0 Å². The first-order valence-corrected chi connectivity index (χ1v) is 10.4. The second-order valence-corrected chi connectivity index (χ2v) is 7.60. The molecule has 0 bridgehead atoms. The van der Waals surface area contributed by atoms with Crippen LogP contribution in [0.4, 0.5) is 0 Å². The third kappa shape index (κ3) is 3.83. The van der Waals surface area contributed by atoms with Gasteiger partial charge in [0.15, 0.2) is 0 Å². The van der Waals surface area contributed by atoms with Gasteiger partial charge in [-0.2, -0.15) is 0 Å². The Hall–Kier alpha value is -3.12. The SMILES string of the molecule is CCN1CCC[C@@H]1CNC(=O)c1cn(-c2ccc(OC)cc2)c(=O)c2ccccc12. The normalized spacial score (nSPS) is 16.7. The smallest absolute Gasteiger partial charge is 0.262 e. The van der Waals surface area contributed by atoms with Gasteiger partial charge in [-0.15, -0.1) is 0 Å². The molecule has 0 radical (unpaired) electrons. The van der Waals surface area contributed by atoms with Crippen molar-refractivity contribution in [2.75, 3.05) is 26.7 Å². The molecule has 3 aromatic rings. The lowest BCUT2D eigenvalue weighted by Crippen LogP contribution is -2.40. The maximum Gasteiger partial charge on any atom is 0.262 e. The lowest BCUT2D eigenvalue weighted by Gasteiger charge is -2.23. The summed E-state index contributed by atoms with van der Waals surface area (Å²) in [6.45, 7) is 4.84. The van der Waals surface area contributed by atoms with Crippen LogP contribution in [0, 0.1) is 0 Å². The summed E-state index contributed by atoms with van der Waals surface area (Å²) in [5.41, 5.74) is 1.04. The zero-order valence-electron chi connectivity index (χ0n) is 17.4. The number of carbonyl (C=O) groups excluding carboxylic acids is 1. The summed E-state index contributed by atoms with van der Waals surface area (Å²) < 4.78 is 6.74. The van der Waals surface area contributed by atoms with E-state index in [1.807, 2.05) is 30.3 Å². The molecule has 1 aliphatic rings. The average molecular weight is 405 g/mol. The Morgan fingerprint density at radius 3 is 2.57 bits per heavy atom. The Labute approximate surface area is 176 Å². The number of likely N-dealkylation sites (tertiary alicyclic amines) is 1. The molecule has 156 valence electrons. The van der Waals surface area contributed by atoms with Gasteiger partial charge in [0, 0.05) is 35.2 Å². The zero-order chi connectivity index (χ0) is 21.1. The molecule has 0 spiro atoms. The molecule has 1 aromatic heterocycles. The van der Waals surface area contributed by atoms with Crippen LogP contribution in [0.5, 0.6) is 5.75 Å². The molecule has 1 amide bonds. The molecule has 2 aromatic carbocycles. The predicted octanol–water partition coefficient (Wildman–Crippen LogP) is 3.21. The van der Waals surface area contributed by atoms with Crippen molar-refractivity contribution >= 4 is 16.7 Å². The van der Waals surface area contributed by atoms with Crippen molar-refractivity contribution in [1.82, 2.24) is 14.8 Å². The Balaban J connectivity index is 1.70. The van der Waals surface area contributed by atoms with Crippen molar-refractivity contribution < 1.29 is 9.53 Å². The molecule has 6 heteroatoms. The number of rotatable bonds is 6. The molecule has 0 unspecified atom stereocenters. The van der Waals surface area contributed by atoms with Gasteiger partial charge in [0.1, 0.15) is 5.75 Å². The number of aromatic nitrogens is 1. The summed E-state index contributed by atoms with van der Waals surface area (Å²) in [6, 6.07) is 14.9. The van der Waals surface area contributed by atoms with Crippen LogP contribution >= 0.6 is 0 Å². The minimum Gasteiger partial charge on any atom is -0.497 e. The first-order valence-electron chi connectivity index (χ1n) is 10.4. The van der Waals surface area contributed by atoms with E-state index in [-0.39, 0.29) is 11.5 Å². The van der Waals surface area contributed by atoms with E-state index in [1.165, 1.54) is 11.0 Å². The number of ether oxygens (including phenoxy) is 1. The van der Waals surface area contributed by atoms with Gasteiger partial charge in [-0.3, -0.25) is 19.1 Å². The Morgan fingerprint density at radius 1 is 1.13 bits per heavy atom. The fourth-order valence-electron chi connectivity index (χ4n) is 4.26. The van der Waals surface area contributed by atoms with Crippen LogP contribution in [-0.4, -0.2) is 48.2 Å². The molecule has 1 N–H and O–H groups in total. The summed E-state index contributed by atoms with van der Waals surface area (Å²) in [7, 11) is 1.60. The second-order valence-electron chi connectivity index (χ2n) is 7.60. The fourth-order valence-corrected chi connectivity index (χ4v) is 4.26. The molecule has 0 aliphatic carbocycles. The number of pyridine rings is 1. The molecule has 30 heavy (non-hydrogen) atoms. The van der Waals surface area contributed by atoms with Crippen LogP contribution in [-0.2, 0) is 0 Å². The van der Waals surface area contributed by atoms with Crippen LogP contribution in [0.25, 0.3) is 16.5 Å². The van der Waals surface area contributed by atoms with Crippen LogP contribution in [0.15, 0.2) is 59.5 Å². The minimum absolute atomic E-state index is 0.153. The standard InChI is InChI=1S/C24H27N3O3/c1-3-26-14-6-7-18(26)15-25-23(28)22-16-27(17-10-12-19(30-2)13-11-17)24(29)21-9-5-4-8-20(21)22/h4-5,8-13,16,18H,3,6-7,14-15H2,1-2H3,(H,25,28)/t18-/m1/s1. The lowest BCUT2D eigenvalue weighted by molar-refractivity contribution is 0.0942. The van der Waals surface area contributed by atoms with Crippen molar-refractivity contribution in [2.24, 2.45) is 0 Å². The molecule has 2 heterocycles. The Bertz CT molecular complexity index is 1100. The van der Waals surface area contributed by atoms with E-state index >= 15 is 0 Å². The maximum atomic E-state index is 13.1. The van der Waals surface area contributed by atoms with E-state index in [4.69, 9.17) is 4.74 Å². The minimum atomic E-state index is -0.156. The molecule has 0 saturated carbocycles. The number of nitrogens with zero attached hydrogens (tertiary/aromatic N) is 2. The van der Waals surface area contributed by atoms with Gasteiger partial charge in [0.05, 0.1) is 12.7 Å². The summed E-state index contributed by atoms with van der Waals surface area (Å²) in [6.07, 6.45) is 3.91. The summed E-state index contributed by atoms with van der Waals surface area (Å²) in [5.74, 6) is 0.555. The van der Waals surface area contributed by atoms with E-state index in [2.05, 4.69) is 17.1 Å². The predicted molar refractivity (Wildman–Crippen MR) is 119 cm³/mol. The van der Waals surface area contributed by atoms with Crippen LogP contribution in [0.1, 0.15) is 30.1 Å². The number of carbonyl (C=O) groups is 1. The van der Waals surface area contributed by atoms with Crippen LogP contribution in [0.3, 0.4) is 0 Å². The van der Waals surface area contributed by atoms with E-state index in [9.17, 15) is 9.59 Å². The fraction of sp³-hybridized carbons (Fsp3) is 0.333. The topological polar surface area (TPSA) is 63.6 Å². The lowest BCUT2D eigenvalue weighted by atomic mass is 10.1. The molecular formula is C24H27N3O3. The van der Waals surface area contributed by atoms with Crippen molar-refractivity contribution in [3.8, 4) is 11.4 Å². The van der Waals surface area contributed by atoms with Crippen LogP contribution in [0.2, 0.25) is 0 Å². The number of amides is 1. The number of methoxy groups -OCH3 is 1. The van der Waals surface area contributed by atoms with E-state index in [1.54, 1.807) is 31.5 Å². The first kappa shape index (κ1) is 20.2. The molecule has 6 nitrogen and oxygen atoms in total. The molecule has 1 fully saturated rings. The number of fused-ring (bicyclic) bond motifs is 1. The highest BCUT2D eigenvalue weighted by Crippen LogP contribution is 2.20. The van der Waals surface area contributed by atoms with Gasteiger partial charge in [-0.05, 0) is 56.3 Å². The highest BCUT2D eigenvalue weighted by atomic mass is 16.5. The Morgan fingerprint density at radius 2 is 1.87 bits per heavy atom. The summed E-state index contributed by atoms with van der Waals surface area (Å²) >= 11 is 0. The highest BCUT2D eigenvalue weighted by Gasteiger charge is 2.24. The third-order valence-electron chi connectivity index (χ3n) is 5.92. The number of likely N-dealkylation sites (N-methyl/N-ethyl adjacent to an activating group) is 1. The first-order chi connectivity index (χ1) is 14.6. The average Bonchev–Trinajstić information content (AvgIpc) is 3.26. The largest absolute Gasteiger partial charge is 0.497 e. The van der Waals surface area contributed by atoms with Gasteiger partial charge >= 0.3 is 0 Å². The monoisotopic (exact) mass is 405 g/mol. The maximum absolute atomic E-state index is 13.1. The number of hydrogen-bond acceptors (Lipinski definition) is 4. The molecule has 1 atom stereocenters. The number of benzene rings is 2. The second kappa shape index (κ2) is 8.71. The quantitative estimate of drug-likeness (QED) is 0.684. The van der Waals surface area contributed by atoms with E-state index in [0.29, 0.717) is 40.4 Å². The Kier molecular flexibility index (Phi) is 5.86. The number of hydrogen-bond donors (Lipinski definition) is 1. The van der Waals surface area contributed by atoms with Crippen molar-refractivity contribution in [3.05, 3.63) is 70.6 Å². The summed E-state index contributed by atoms with van der Waals surface area (Å²) in [5, 5.41) is 4.29. The third-order valence-corrected chi connectivity index (χ3v) is 5.92. The molecule has 1 saturated heterocycles. The molecule has 1 aliphatic heterocycles. The van der Waals surface area contributed by atoms with Crippen molar-refractivity contribution in [3.63, 3.8) is 0 Å². The molecule has 4 rings (SSSR count). The van der Waals surface area contributed by atoms with Gasteiger partial charge in [-0.1, -0.05) is 25.1 Å². The van der Waals surface area contributed by atoms with Crippen molar-refractivity contribution in [2.45, 2.75) is 25.8 Å². The van der Waals surface area contributed by atoms with Crippen molar-refractivity contribution in [1.29, 1.82) is 0 Å². The summed E-state index contributed by atoms with van der Waals surface area (Å²) in [4.78, 5) is 28.6. The van der Waals surface area contributed by atoms with Crippen LogP contribution < -0.4 is 15.6 Å². The van der Waals surface area contributed by atoms with Gasteiger partial charge in [0.25, 0.3) is 11.5 Å². The molecular weight excluding hydrogens is 378 g/mol. The zero-order valence-corrected chi connectivity index (χ0v) is 17.4. The van der Waals surface area contributed by atoms with Gasteiger partial charge < -0.3 is 10.1 Å². The number of nitrogens with one attached hydrogen (secondary N) is 1.